The van der Waals surface area contributed by atoms with Crippen molar-refractivity contribution in [1.82, 2.24) is 9.71 Å². The first-order chi connectivity index (χ1) is 9.06. The first-order valence-electron chi connectivity index (χ1n) is 6.51. The second-order valence-electron chi connectivity index (χ2n) is 5.54. The Morgan fingerprint density at radius 1 is 1.30 bits per heavy atom. The quantitative estimate of drug-likeness (QED) is 0.748. The van der Waals surface area contributed by atoms with Crippen molar-refractivity contribution in [2.24, 2.45) is 5.92 Å². The fourth-order valence-electron chi connectivity index (χ4n) is 2.43. The summed E-state index contributed by atoms with van der Waals surface area (Å²) in [4.78, 5) is 13.7. The summed E-state index contributed by atoms with van der Waals surface area (Å²) in [5.41, 5.74) is 0.489. The van der Waals surface area contributed by atoms with Crippen LogP contribution in [-0.2, 0) is 10.0 Å². The monoisotopic (exact) mass is 302 g/mol. The van der Waals surface area contributed by atoms with Crippen LogP contribution in [0.1, 0.15) is 48.9 Å². The van der Waals surface area contributed by atoms with Crippen molar-refractivity contribution < 1.29 is 18.3 Å². The molecule has 0 amide bonds. The minimum absolute atomic E-state index is 0.0329. The zero-order valence-electron chi connectivity index (χ0n) is 12.4. The summed E-state index contributed by atoms with van der Waals surface area (Å²) in [5.74, 6) is -0.794. The molecule has 0 aromatic carbocycles. The molecule has 0 spiro atoms. The summed E-state index contributed by atoms with van der Waals surface area (Å²) in [6, 6.07) is -0.207. The molecular formula is C13H22N2O4S. The van der Waals surface area contributed by atoms with Crippen molar-refractivity contribution in [3.05, 3.63) is 17.0 Å². The van der Waals surface area contributed by atoms with E-state index in [1.165, 1.54) is 6.92 Å². The number of nitrogens with one attached hydrogen (secondary N) is 2. The molecule has 0 fully saturated rings. The smallest absolute Gasteiger partial charge is 0.352 e. The van der Waals surface area contributed by atoms with Crippen LogP contribution in [0.15, 0.2) is 4.90 Å². The zero-order valence-corrected chi connectivity index (χ0v) is 13.3. The molecule has 114 valence electrons. The predicted molar refractivity (Wildman–Crippen MR) is 76.5 cm³/mol. The summed E-state index contributed by atoms with van der Waals surface area (Å²) in [6.45, 7) is 8.88. The van der Waals surface area contributed by atoms with Crippen molar-refractivity contribution in [3.8, 4) is 0 Å². The highest BCUT2D eigenvalue weighted by Crippen LogP contribution is 2.23. The highest BCUT2D eigenvalue weighted by atomic mass is 32.2. The molecule has 0 aliphatic rings. The summed E-state index contributed by atoms with van der Waals surface area (Å²) >= 11 is 0. The van der Waals surface area contributed by atoms with E-state index in [9.17, 15) is 13.2 Å². The van der Waals surface area contributed by atoms with Crippen LogP contribution < -0.4 is 4.72 Å². The largest absolute Gasteiger partial charge is 0.477 e. The van der Waals surface area contributed by atoms with Gasteiger partial charge in [0.15, 0.2) is 0 Å². The number of aromatic amines is 1. The topological polar surface area (TPSA) is 99.3 Å². The van der Waals surface area contributed by atoms with Crippen LogP contribution in [0.3, 0.4) is 0 Å². The lowest BCUT2D eigenvalue weighted by Crippen LogP contribution is -2.34. The Morgan fingerprint density at radius 3 is 2.25 bits per heavy atom. The first-order valence-corrected chi connectivity index (χ1v) is 7.99. The Balaban J connectivity index is 3.14. The van der Waals surface area contributed by atoms with E-state index >= 15 is 0 Å². The number of aromatic nitrogens is 1. The van der Waals surface area contributed by atoms with Crippen molar-refractivity contribution in [2.45, 2.75) is 52.0 Å². The van der Waals surface area contributed by atoms with Gasteiger partial charge in [0.05, 0.1) is 0 Å². The van der Waals surface area contributed by atoms with Crippen LogP contribution in [0.2, 0.25) is 0 Å². The summed E-state index contributed by atoms with van der Waals surface area (Å²) in [5, 5.41) is 9.02. The summed E-state index contributed by atoms with van der Waals surface area (Å²) in [7, 11) is -3.72. The number of aryl methyl sites for hydroxylation is 1. The van der Waals surface area contributed by atoms with Crippen LogP contribution in [-0.4, -0.2) is 30.5 Å². The third-order valence-corrected chi connectivity index (χ3v) is 4.90. The molecule has 1 unspecified atom stereocenters. The maximum absolute atomic E-state index is 12.4. The number of hydrogen-bond acceptors (Lipinski definition) is 3. The van der Waals surface area contributed by atoms with Crippen LogP contribution >= 0.6 is 0 Å². The molecule has 0 aliphatic heterocycles. The Labute approximate surface area is 119 Å². The molecule has 6 nitrogen and oxygen atoms in total. The Morgan fingerprint density at radius 2 is 1.85 bits per heavy atom. The molecular weight excluding hydrogens is 280 g/mol. The minimum Gasteiger partial charge on any atom is -0.477 e. The van der Waals surface area contributed by atoms with Crippen molar-refractivity contribution in [2.75, 3.05) is 0 Å². The number of carbonyl (C=O) groups is 1. The van der Waals surface area contributed by atoms with E-state index in [0.717, 1.165) is 0 Å². The zero-order chi connectivity index (χ0) is 15.7. The lowest BCUT2D eigenvalue weighted by Gasteiger charge is -2.16. The van der Waals surface area contributed by atoms with Crippen LogP contribution in [0.4, 0.5) is 0 Å². The van der Waals surface area contributed by atoms with E-state index in [1.807, 2.05) is 13.8 Å². The molecule has 1 aromatic rings. The lowest BCUT2D eigenvalue weighted by atomic mass is 10.1. The molecule has 0 saturated heterocycles. The number of H-pyrrole nitrogens is 1. The summed E-state index contributed by atoms with van der Waals surface area (Å²) < 4.78 is 27.4. The molecule has 1 atom stereocenters. The molecule has 0 bridgehead atoms. The van der Waals surface area contributed by atoms with Crippen LogP contribution in [0, 0.1) is 19.8 Å². The standard InChI is InChI=1S/C13H22N2O4S/c1-7(2)6-8(3)15-20(18,19)12-9(4)11(13(16)17)14-10(12)5/h7-8,14-15H,6H2,1-5H3,(H,16,17). The van der Waals surface area contributed by atoms with E-state index in [4.69, 9.17) is 5.11 Å². The Hall–Kier alpha value is -1.34. The van der Waals surface area contributed by atoms with E-state index in [1.54, 1.807) is 13.8 Å². The number of sulfonamides is 1. The van der Waals surface area contributed by atoms with E-state index in [-0.39, 0.29) is 22.2 Å². The van der Waals surface area contributed by atoms with Gasteiger partial charge in [0, 0.05) is 17.3 Å². The molecule has 20 heavy (non-hydrogen) atoms. The van der Waals surface area contributed by atoms with Crippen molar-refractivity contribution in [3.63, 3.8) is 0 Å². The molecule has 3 N–H and O–H groups in total. The van der Waals surface area contributed by atoms with Gasteiger partial charge >= 0.3 is 5.97 Å². The molecule has 1 rings (SSSR count). The van der Waals surface area contributed by atoms with Crippen LogP contribution in [0.5, 0.6) is 0 Å². The highest BCUT2D eigenvalue weighted by Gasteiger charge is 2.27. The van der Waals surface area contributed by atoms with Crippen molar-refractivity contribution >= 4 is 16.0 Å². The van der Waals surface area contributed by atoms with E-state index in [0.29, 0.717) is 18.0 Å². The Bertz CT molecular complexity index is 602. The molecule has 0 aliphatic carbocycles. The van der Waals surface area contributed by atoms with Gasteiger partial charge in [-0.1, -0.05) is 13.8 Å². The third kappa shape index (κ3) is 3.61. The van der Waals surface area contributed by atoms with Gasteiger partial charge in [0.2, 0.25) is 10.0 Å². The lowest BCUT2D eigenvalue weighted by molar-refractivity contribution is 0.0690. The highest BCUT2D eigenvalue weighted by molar-refractivity contribution is 7.89. The van der Waals surface area contributed by atoms with Crippen molar-refractivity contribution in [1.29, 1.82) is 0 Å². The predicted octanol–water partition coefficient (Wildman–Crippen LogP) is 2.04. The van der Waals surface area contributed by atoms with E-state index < -0.39 is 16.0 Å². The van der Waals surface area contributed by atoms with Gasteiger partial charge < -0.3 is 10.1 Å². The Kier molecular flexibility index (Phi) is 4.99. The van der Waals surface area contributed by atoms with Gasteiger partial charge in [-0.05, 0) is 33.1 Å². The van der Waals surface area contributed by atoms with Gasteiger partial charge in [-0.15, -0.1) is 0 Å². The maximum atomic E-state index is 12.4. The fourth-order valence-corrected chi connectivity index (χ4v) is 4.13. The maximum Gasteiger partial charge on any atom is 0.352 e. The summed E-state index contributed by atoms with van der Waals surface area (Å²) in [6.07, 6.45) is 0.716. The van der Waals surface area contributed by atoms with E-state index in [2.05, 4.69) is 9.71 Å². The van der Waals surface area contributed by atoms with Gasteiger partial charge in [-0.25, -0.2) is 17.9 Å². The number of hydrogen-bond donors (Lipinski definition) is 3. The second kappa shape index (κ2) is 5.97. The number of carboxylic acid groups (broad SMARTS) is 1. The van der Waals surface area contributed by atoms with Gasteiger partial charge in [-0.3, -0.25) is 0 Å². The van der Waals surface area contributed by atoms with Gasteiger partial charge in [0.1, 0.15) is 10.6 Å². The number of carboxylic acids is 1. The SMILES string of the molecule is Cc1[nH]c(C(=O)O)c(C)c1S(=O)(=O)NC(C)CC(C)C. The third-order valence-electron chi connectivity index (χ3n) is 3.03. The number of rotatable bonds is 6. The number of aromatic carboxylic acids is 1. The minimum atomic E-state index is -3.72. The molecule has 7 heteroatoms. The average molecular weight is 302 g/mol. The molecule has 0 radical (unpaired) electrons. The average Bonchev–Trinajstić information content (AvgIpc) is 2.52. The first kappa shape index (κ1) is 16.7. The molecule has 0 saturated carbocycles. The second-order valence-corrected chi connectivity index (χ2v) is 7.19. The molecule has 1 heterocycles. The fraction of sp³-hybridized carbons (Fsp3) is 0.615. The van der Waals surface area contributed by atoms with Gasteiger partial charge in [0.25, 0.3) is 0 Å². The van der Waals surface area contributed by atoms with Gasteiger partial charge in [-0.2, -0.15) is 0 Å². The van der Waals surface area contributed by atoms with Crippen LogP contribution in [0.25, 0.3) is 0 Å². The molecule has 1 aromatic heterocycles. The normalized spacial score (nSPS) is 13.7.